The Morgan fingerprint density at radius 1 is 1.25 bits per heavy atom. The molecule has 0 unspecified atom stereocenters. The Kier molecular flexibility index (Phi) is 5.70. The van der Waals surface area contributed by atoms with Crippen molar-refractivity contribution in [3.8, 4) is 5.75 Å². The number of nitrogens with zero attached hydrogens (tertiary/aromatic N) is 4. The van der Waals surface area contributed by atoms with Gasteiger partial charge in [-0.05, 0) is 18.9 Å². The molecule has 0 aliphatic heterocycles. The molecule has 2 aromatic heterocycles. The summed E-state index contributed by atoms with van der Waals surface area (Å²) in [6, 6.07) is 3.85. The molecule has 1 aromatic carbocycles. The number of anilines is 3. The van der Waals surface area contributed by atoms with E-state index in [1.165, 1.54) is 30.0 Å². The minimum atomic E-state index is -4.75. The summed E-state index contributed by atoms with van der Waals surface area (Å²) in [7, 11) is 3.64. The summed E-state index contributed by atoms with van der Waals surface area (Å²) in [5.74, 6) is -1.86. The Bertz CT molecular complexity index is 1420. The quantitative estimate of drug-likeness (QED) is 0.421. The van der Waals surface area contributed by atoms with E-state index in [2.05, 4.69) is 25.9 Å². The number of methoxy groups -OCH3 is 2. The summed E-state index contributed by atoms with van der Waals surface area (Å²) in [4.78, 5) is 24.9. The van der Waals surface area contributed by atoms with Gasteiger partial charge in [-0.15, -0.1) is 10.2 Å². The summed E-state index contributed by atoms with van der Waals surface area (Å²) in [6.45, 7) is -2.85. The van der Waals surface area contributed by atoms with Gasteiger partial charge in [0.2, 0.25) is 5.91 Å². The maximum Gasteiger partial charge on any atom is 0.418 e. The molecular weight excluding hydrogens is 483 g/mol. The molecule has 2 heterocycles. The zero-order valence-electron chi connectivity index (χ0n) is 22.4. The molecule has 0 bridgehead atoms. The number of ether oxygens (including phenoxy) is 2. The maximum absolute atomic E-state index is 13.7. The molecular formula is C22H24F3N7O4. The highest BCUT2D eigenvalue weighted by Crippen LogP contribution is 2.44. The van der Waals surface area contributed by atoms with E-state index in [1.54, 1.807) is 12.4 Å². The fourth-order valence-electron chi connectivity index (χ4n) is 3.77. The molecule has 0 saturated heterocycles. The van der Waals surface area contributed by atoms with Crippen LogP contribution >= 0.6 is 0 Å². The van der Waals surface area contributed by atoms with Gasteiger partial charge in [0.15, 0.2) is 23.4 Å². The molecule has 0 spiro atoms. The number of alkyl halides is 3. The number of halogens is 3. The Hall–Kier alpha value is -3.94. The van der Waals surface area contributed by atoms with Gasteiger partial charge in [0.1, 0.15) is 5.75 Å². The largest absolute Gasteiger partial charge is 0.496 e. The predicted molar refractivity (Wildman–Crippen MR) is 123 cm³/mol. The van der Waals surface area contributed by atoms with Gasteiger partial charge in [0.05, 0.1) is 23.7 Å². The Morgan fingerprint density at radius 2 is 2.00 bits per heavy atom. The van der Waals surface area contributed by atoms with E-state index in [1.807, 2.05) is 0 Å². The third kappa shape index (κ3) is 4.76. The summed E-state index contributed by atoms with van der Waals surface area (Å²) in [5, 5.41) is 19.2. The lowest BCUT2D eigenvalue weighted by Gasteiger charge is -2.22. The SMILES string of the molecule is [2H]C([2H])([2H])NC(=O)c1nnc(NC(=O)C2CC2)cc1Nc1nn(C)c2ccc([C@H](OC)C(F)(F)F)c(OC)c12. The minimum absolute atomic E-state index is 0.0377. The van der Waals surface area contributed by atoms with E-state index in [4.69, 9.17) is 13.6 Å². The van der Waals surface area contributed by atoms with Gasteiger partial charge in [-0.25, -0.2) is 0 Å². The third-order valence-electron chi connectivity index (χ3n) is 5.60. The highest BCUT2D eigenvalue weighted by molar-refractivity contribution is 6.02. The summed E-state index contributed by atoms with van der Waals surface area (Å²) in [6.07, 6.45) is -5.63. The van der Waals surface area contributed by atoms with Gasteiger partial charge in [0.25, 0.3) is 5.91 Å². The highest BCUT2D eigenvalue weighted by atomic mass is 19.4. The second-order valence-corrected chi connectivity index (χ2v) is 8.05. The average molecular weight is 510 g/mol. The van der Waals surface area contributed by atoms with Crippen LogP contribution in [0.4, 0.5) is 30.5 Å². The molecule has 2 amide bonds. The lowest BCUT2D eigenvalue weighted by Crippen LogP contribution is -2.23. The van der Waals surface area contributed by atoms with Crippen LogP contribution in [0.25, 0.3) is 10.9 Å². The Morgan fingerprint density at radius 3 is 2.61 bits per heavy atom. The van der Waals surface area contributed by atoms with Crippen molar-refractivity contribution in [3.63, 3.8) is 0 Å². The van der Waals surface area contributed by atoms with Gasteiger partial charge >= 0.3 is 6.18 Å². The molecule has 36 heavy (non-hydrogen) atoms. The second-order valence-electron chi connectivity index (χ2n) is 8.05. The van der Waals surface area contributed by atoms with Crippen molar-refractivity contribution in [2.75, 3.05) is 31.8 Å². The molecule has 4 rings (SSSR count). The van der Waals surface area contributed by atoms with E-state index in [-0.39, 0.29) is 45.8 Å². The minimum Gasteiger partial charge on any atom is -0.496 e. The molecule has 14 heteroatoms. The summed E-state index contributed by atoms with van der Waals surface area (Å²) >= 11 is 0. The molecule has 0 radical (unpaired) electrons. The van der Waals surface area contributed by atoms with Crippen molar-refractivity contribution in [2.24, 2.45) is 13.0 Å². The van der Waals surface area contributed by atoms with Crippen LogP contribution in [0.1, 0.15) is 39.1 Å². The normalized spacial score (nSPS) is 16.0. The van der Waals surface area contributed by atoms with Crippen LogP contribution in [0.2, 0.25) is 0 Å². The Balaban J connectivity index is 1.84. The number of nitrogens with one attached hydrogen (secondary N) is 3. The molecule has 1 saturated carbocycles. The van der Waals surface area contributed by atoms with Crippen LogP contribution in [-0.4, -0.2) is 59.2 Å². The van der Waals surface area contributed by atoms with Crippen molar-refractivity contribution in [1.29, 1.82) is 0 Å². The molecule has 1 aliphatic rings. The zero-order valence-corrected chi connectivity index (χ0v) is 19.4. The first kappa shape index (κ1) is 21.4. The van der Waals surface area contributed by atoms with Gasteiger partial charge in [-0.3, -0.25) is 14.3 Å². The standard InChI is InChI=1S/C22H24F3N7O4/c1-26-21(34)16-12(9-14(29-30-16)28-20(33)10-5-6-10)27-19-15-13(32(2)31-19)8-7-11(17(15)35-3)18(36-4)22(23,24)25/h7-10,18H,5-6H2,1-4H3,(H,26,34)(H2,27,28,29,31,33)/t18-/m0/s1/i1D3. The fraction of sp³-hybridized carbons (Fsp3) is 0.409. The number of amides is 2. The van der Waals surface area contributed by atoms with E-state index in [0.717, 1.165) is 7.11 Å². The fourth-order valence-corrected chi connectivity index (χ4v) is 3.77. The predicted octanol–water partition coefficient (Wildman–Crippen LogP) is 3.07. The van der Waals surface area contributed by atoms with E-state index in [9.17, 15) is 22.8 Å². The molecule has 11 nitrogen and oxygen atoms in total. The first-order valence-electron chi connectivity index (χ1n) is 12.1. The van der Waals surface area contributed by atoms with Gasteiger partial charge in [0, 0.05) is 42.8 Å². The number of carbonyl (C=O) groups excluding carboxylic acids is 2. The van der Waals surface area contributed by atoms with Crippen molar-refractivity contribution in [1.82, 2.24) is 25.3 Å². The average Bonchev–Trinajstić information content (AvgIpc) is 3.63. The maximum atomic E-state index is 13.7. The second kappa shape index (κ2) is 9.60. The van der Waals surface area contributed by atoms with Crippen molar-refractivity contribution in [2.45, 2.75) is 25.1 Å². The number of rotatable bonds is 8. The smallest absolute Gasteiger partial charge is 0.418 e. The topological polar surface area (TPSA) is 132 Å². The van der Waals surface area contributed by atoms with E-state index < -0.39 is 30.9 Å². The van der Waals surface area contributed by atoms with Crippen LogP contribution in [0.15, 0.2) is 18.2 Å². The van der Waals surface area contributed by atoms with Crippen molar-refractivity contribution in [3.05, 3.63) is 29.5 Å². The molecule has 1 aliphatic carbocycles. The number of carbonyl (C=O) groups is 2. The van der Waals surface area contributed by atoms with E-state index >= 15 is 0 Å². The van der Waals surface area contributed by atoms with Crippen LogP contribution in [0.5, 0.6) is 5.75 Å². The summed E-state index contributed by atoms with van der Waals surface area (Å²) in [5.41, 5.74) is -0.534. The van der Waals surface area contributed by atoms with Crippen molar-refractivity contribution >= 4 is 40.0 Å². The number of hydrogen-bond acceptors (Lipinski definition) is 8. The first-order valence-corrected chi connectivity index (χ1v) is 10.6. The lowest BCUT2D eigenvalue weighted by atomic mass is 10.0. The summed E-state index contributed by atoms with van der Waals surface area (Å²) < 4.78 is 74.6. The van der Waals surface area contributed by atoms with Crippen LogP contribution in [-0.2, 0) is 16.6 Å². The third-order valence-corrected chi connectivity index (χ3v) is 5.60. The lowest BCUT2D eigenvalue weighted by molar-refractivity contribution is -0.216. The highest BCUT2D eigenvalue weighted by Gasteiger charge is 2.43. The van der Waals surface area contributed by atoms with Crippen LogP contribution in [0.3, 0.4) is 0 Å². The number of aryl methyl sites for hydroxylation is 1. The molecule has 1 fully saturated rings. The molecule has 3 aromatic rings. The Labute approximate surface area is 207 Å². The van der Waals surface area contributed by atoms with Crippen LogP contribution < -0.4 is 20.7 Å². The van der Waals surface area contributed by atoms with E-state index in [0.29, 0.717) is 18.4 Å². The number of hydrogen-bond donors (Lipinski definition) is 3. The van der Waals surface area contributed by atoms with Gasteiger partial charge in [-0.1, -0.05) is 6.07 Å². The molecule has 3 N–H and O–H groups in total. The monoisotopic (exact) mass is 510 g/mol. The number of fused-ring (bicyclic) bond motifs is 1. The van der Waals surface area contributed by atoms with Gasteiger partial charge in [-0.2, -0.15) is 18.3 Å². The van der Waals surface area contributed by atoms with Crippen LogP contribution in [0, 0.1) is 5.92 Å². The zero-order chi connectivity index (χ0) is 28.7. The van der Waals surface area contributed by atoms with Gasteiger partial charge < -0.3 is 25.4 Å². The van der Waals surface area contributed by atoms with Crippen molar-refractivity contribution < 1.29 is 36.3 Å². The number of benzene rings is 1. The molecule has 1 atom stereocenters. The number of aromatic nitrogens is 4. The first-order chi connectivity index (χ1) is 18.2. The molecule has 192 valence electrons.